The number of fused-ring (bicyclic) bond motifs is 3. The molecule has 0 radical (unpaired) electrons. The monoisotopic (exact) mass is 314 g/mol. The van der Waals surface area contributed by atoms with Crippen LogP contribution >= 0.6 is 0 Å². The summed E-state index contributed by atoms with van der Waals surface area (Å²) in [5, 5.41) is 13.1. The fourth-order valence-electron chi connectivity index (χ4n) is 2.94. The number of rotatable bonds is 6. The summed E-state index contributed by atoms with van der Waals surface area (Å²) in [4.78, 5) is 0. The molecule has 2 aromatic rings. The molecule has 2 N–H and O–H groups in total. The van der Waals surface area contributed by atoms with Crippen molar-refractivity contribution in [3.05, 3.63) is 53.3 Å². The van der Waals surface area contributed by atoms with Crippen LogP contribution in [-0.4, -0.2) is 30.4 Å². The lowest BCUT2D eigenvalue weighted by Crippen LogP contribution is -2.35. The van der Waals surface area contributed by atoms with Crippen molar-refractivity contribution in [3.63, 3.8) is 0 Å². The number of aliphatic hydroxyl groups excluding tert-OH is 1. The summed E-state index contributed by atoms with van der Waals surface area (Å²) in [6.45, 7) is 4.62. The highest BCUT2D eigenvalue weighted by Crippen LogP contribution is 2.43. The van der Waals surface area contributed by atoms with Crippen molar-refractivity contribution in [3.8, 4) is 16.9 Å². The third-order valence-corrected chi connectivity index (χ3v) is 4.01. The van der Waals surface area contributed by atoms with Crippen LogP contribution in [0.25, 0.3) is 11.1 Å². The van der Waals surface area contributed by atoms with Crippen LogP contribution in [0.4, 0.5) is 4.39 Å². The average molecular weight is 314 g/mol. The van der Waals surface area contributed by atoms with Gasteiger partial charge in [0.25, 0.3) is 0 Å². The van der Waals surface area contributed by atoms with E-state index < -0.39 is 6.10 Å². The lowest BCUT2D eigenvalue weighted by molar-refractivity contribution is 0.105. The highest BCUT2D eigenvalue weighted by molar-refractivity contribution is 5.81. The van der Waals surface area contributed by atoms with E-state index in [1.165, 1.54) is 11.6 Å². The summed E-state index contributed by atoms with van der Waals surface area (Å²) in [5.41, 5.74) is 4.16. The second-order valence-corrected chi connectivity index (χ2v) is 6.30. The molecular weight excluding hydrogens is 292 g/mol. The molecule has 0 bridgehead atoms. The largest absolute Gasteiger partial charge is 0.490 e. The molecule has 0 heterocycles. The summed E-state index contributed by atoms with van der Waals surface area (Å²) < 4.78 is 19.6. The van der Waals surface area contributed by atoms with Crippen molar-refractivity contribution in [1.29, 1.82) is 0 Å². The van der Waals surface area contributed by atoms with Crippen LogP contribution in [0.5, 0.6) is 5.75 Å². The molecule has 1 atom stereocenters. The molecule has 3 rings (SSSR count). The smallest absolute Gasteiger partial charge is 0.130 e. The number of ether oxygens (including phenoxy) is 1. The minimum absolute atomic E-state index is 0.137. The van der Waals surface area contributed by atoms with Gasteiger partial charge in [-0.3, -0.25) is 0 Å². The van der Waals surface area contributed by atoms with Crippen LogP contribution in [-0.2, 0) is 6.42 Å². The number of benzene rings is 2. The minimum atomic E-state index is -0.632. The van der Waals surface area contributed by atoms with Crippen LogP contribution < -0.4 is 10.1 Å². The molecule has 122 valence electrons. The first-order valence-electron chi connectivity index (χ1n) is 7.99. The van der Waals surface area contributed by atoms with E-state index in [9.17, 15) is 9.50 Å². The van der Waals surface area contributed by atoms with Crippen molar-refractivity contribution in [1.82, 2.24) is 5.32 Å². The van der Waals surface area contributed by atoms with Gasteiger partial charge in [0.2, 0.25) is 0 Å². The Labute approximate surface area is 136 Å². The Morgan fingerprint density at radius 2 is 2.00 bits per heavy atom. The Morgan fingerprint density at radius 1 is 1.22 bits per heavy atom. The Morgan fingerprint density at radius 3 is 2.78 bits per heavy atom. The number of hydrogen-bond acceptors (Lipinski definition) is 3. The average Bonchev–Trinajstić information content (AvgIpc) is 2.88. The van der Waals surface area contributed by atoms with E-state index in [4.69, 9.17) is 4.74 Å². The zero-order chi connectivity index (χ0) is 16.4. The fourth-order valence-corrected chi connectivity index (χ4v) is 2.94. The maximum atomic E-state index is 13.9. The second kappa shape index (κ2) is 6.69. The van der Waals surface area contributed by atoms with Crippen LogP contribution in [0, 0.1) is 5.82 Å². The molecule has 0 fully saturated rings. The minimum Gasteiger partial charge on any atom is -0.490 e. The second-order valence-electron chi connectivity index (χ2n) is 6.30. The van der Waals surface area contributed by atoms with Gasteiger partial charge in [0.05, 0.1) is 0 Å². The van der Waals surface area contributed by atoms with Gasteiger partial charge in [0.15, 0.2) is 0 Å². The zero-order valence-electron chi connectivity index (χ0n) is 13.5. The van der Waals surface area contributed by atoms with Crippen molar-refractivity contribution in [2.24, 2.45) is 0 Å². The van der Waals surface area contributed by atoms with Gasteiger partial charge in [0.1, 0.15) is 24.3 Å². The summed E-state index contributed by atoms with van der Waals surface area (Å²) in [6.07, 6.45) is 0.0878. The molecule has 0 spiro atoms. The van der Waals surface area contributed by atoms with Gasteiger partial charge in [-0.1, -0.05) is 38.1 Å². The Bertz CT molecular complexity index is 700. The van der Waals surface area contributed by atoms with Gasteiger partial charge in [-0.25, -0.2) is 4.39 Å². The number of aliphatic hydroxyl groups is 1. The molecule has 0 aromatic heterocycles. The number of nitrogens with one attached hydrogen (secondary N) is 1. The van der Waals surface area contributed by atoms with E-state index >= 15 is 0 Å². The lowest BCUT2D eigenvalue weighted by Gasteiger charge is -2.17. The van der Waals surface area contributed by atoms with Crippen molar-refractivity contribution in [2.45, 2.75) is 32.4 Å². The van der Waals surface area contributed by atoms with E-state index in [1.807, 2.05) is 32.0 Å². The Hall–Kier alpha value is -1.91. The first kappa shape index (κ1) is 16.0. The predicted octanol–water partition coefficient (Wildman–Crippen LogP) is 3.13. The van der Waals surface area contributed by atoms with Gasteiger partial charge in [-0.05, 0) is 29.2 Å². The Balaban J connectivity index is 1.79. The van der Waals surface area contributed by atoms with Crippen molar-refractivity contribution in [2.75, 3.05) is 13.2 Å². The molecular formula is C19H22FNO2. The van der Waals surface area contributed by atoms with Gasteiger partial charge >= 0.3 is 0 Å². The van der Waals surface area contributed by atoms with Gasteiger partial charge < -0.3 is 15.2 Å². The zero-order valence-corrected chi connectivity index (χ0v) is 13.5. The lowest BCUT2D eigenvalue weighted by atomic mass is 10.0. The van der Waals surface area contributed by atoms with E-state index in [0.29, 0.717) is 18.3 Å². The maximum Gasteiger partial charge on any atom is 0.130 e. The summed E-state index contributed by atoms with van der Waals surface area (Å²) in [7, 11) is 0. The molecule has 0 saturated heterocycles. The topological polar surface area (TPSA) is 41.5 Å². The van der Waals surface area contributed by atoms with E-state index in [1.54, 1.807) is 6.07 Å². The Kier molecular flexibility index (Phi) is 4.64. The van der Waals surface area contributed by atoms with Crippen LogP contribution in [0.15, 0.2) is 36.4 Å². The molecule has 4 heteroatoms. The normalized spacial score (nSPS) is 13.8. The summed E-state index contributed by atoms with van der Waals surface area (Å²) in [6, 6.07) is 11.3. The standard InChI is InChI=1S/C19H22FNO2/c1-12(2)21-10-16(22)11-23-18-9-15(20)8-14-7-13-5-3-4-6-17(13)19(14)18/h3-6,8-9,12,16,21-22H,7,10-11H2,1-2H3/i20-1. The van der Waals surface area contributed by atoms with Crippen molar-refractivity contribution < 1.29 is 14.2 Å². The van der Waals surface area contributed by atoms with Crippen molar-refractivity contribution >= 4 is 0 Å². The number of halogens is 1. The molecule has 23 heavy (non-hydrogen) atoms. The molecule has 1 aliphatic carbocycles. The fraction of sp³-hybridized carbons (Fsp3) is 0.368. The first-order chi connectivity index (χ1) is 11.0. The van der Waals surface area contributed by atoms with E-state index in [2.05, 4.69) is 11.4 Å². The predicted molar refractivity (Wildman–Crippen MR) is 89.3 cm³/mol. The molecule has 3 nitrogen and oxygen atoms in total. The third-order valence-electron chi connectivity index (χ3n) is 4.01. The van der Waals surface area contributed by atoms with Crippen LogP contribution in [0.1, 0.15) is 25.0 Å². The summed E-state index contributed by atoms with van der Waals surface area (Å²) in [5.74, 6) is 0.204. The van der Waals surface area contributed by atoms with Gasteiger partial charge in [0, 0.05) is 24.2 Å². The SMILES string of the molecule is CC(C)NCC(O)COc1cc([18F])cc2c1-c1ccccc1C2. The molecule has 1 aliphatic rings. The summed E-state index contributed by atoms with van der Waals surface area (Å²) >= 11 is 0. The molecule has 1 unspecified atom stereocenters. The van der Waals surface area contributed by atoms with Crippen LogP contribution in [0.3, 0.4) is 0 Å². The quantitative estimate of drug-likeness (QED) is 0.734. The highest BCUT2D eigenvalue weighted by Gasteiger charge is 2.23. The van der Waals surface area contributed by atoms with Gasteiger partial charge in [-0.15, -0.1) is 0 Å². The molecule has 2 aromatic carbocycles. The molecule has 0 saturated carbocycles. The van der Waals surface area contributed by atoms with E-state index in [0.717, 1.165) is 23.1 Å². The van der Waals surface area contributed by atoms with E-state index in [-0.39, 0.29) is 12.4 Å². The molecule has 0 amide bonds. The third kappa shape index (κ3) is 3.54. The molecule has 0 aliphatic heterocycles. The highest BCUT2D eigenvalue weighted by atomic mass is 18.2. The number of hydrogen-bond donors (Lipinski definition) is 2. The first-order valence-corrected chi connectivity index (χ1v) is 7.99. The van der Waals surface area contributed by atoms with Crippen LogP contribution in [0.2, 0.25) is 0 Å². The maximum absolute atomic E-state index is 13.9. The van der Waals surface area contributed by atoms with Gasteiger partial charge in [-0.2, -0.15) is 0 Å².